The fourth-order valence-corrected chi connectivity index (χ4v) is 5.17. The van der Waals surface area contributed by atoms with E-state index >= 15 is 0 Å². The van der Waals surface area contributed by atoms with Crippen molar-refractivity contribution in [1.82, 2.24) is 10.2 Å². The summed E-state index contributed by atoms with van der Waals surface area (Å²) in [7, 11) is 1.53. The number of alkyl halides is 6. The largest absolute Gasteiger partial charge is 0.497 e. The van der Waals surface area contributed by atoms with Gasteiger partial charge >= 0.3 is 18.4 Å². The predicted molar refractivity (Wildman–Crippen MR) is 146 cm³/mol. The van der Waals surface area contributed by atoms with Crippen LogP contribution in [0.2, 0.25) is 0 Å². The Kier molecular flexibility index (Phi) is 10.3. The molecule has 43 heavy (non-hydrogen) atoms. The number of ether oxygens (including phenoxy) is 2. The SMILES string of the molecule is CCCc1cc(C(O)(C(F)(F)F)C(F)(F)F)cc(CCC)c1OCCCN1C(=O)NC(C)(Cc2ccc(OC)cc2)C1=O. The van der Waals surface area contributed by atoms with E-state index in [1.165, 1.54) is 7.11 Å². The predicted octanol–water partition coefficient (Wildman–Crippen LogP) is 6.23. The number of rotatable bonds is 13. The summed E-state index contributed by atoms with van der Waals surface area (Å²) in [5, 5.41) is 12.7. The average Bonchev–Trinajstić information content (AvgIpc) is 3.13. The second-order valence-corrected chi connectivity index (χ2v) is 10.8. The van der Waals surface area contributed by atoms with Crippen molar-refractivity contribution in [3.05, 3.63) is 58.7 Å². The maximum atomic E-state index is 13.6. The van der Waals surface area contributed by atoms with Crippen molar-refractivity contribution in [1.29, 1.82) is 0 Å². The first-order chi connectivity index (χ1) is 20.0. The van der Waals surface area contributed by atoms with Crippen LogP contribution in [0.3, 0.4) is 0 Å². The van der Waals surface area contributed by atoms with Gasteiger partial charge in [-0.05, 0) is 67.1 Å². The Hall–Kier alpha value is -3.48. The fourth-order valence-electron chi connectivity index (χ4n) is 5.17. The zero-order valence-corrected chi connectivity index (χ0v) is 24.4. The third-order valence-corrected chi connectivity index (χ3v) is 7.35. The Morgan fingerprint density at radius 2 is 1.47 bits per heavy atom. The number of hydrogen-bond donors (Lipinski definition) is 2. The number of nitrogens with zero attached hydrogens (tertiary/aromatic N) is 1. The lowest BCUT2D eigenvalue weighted by Crippen LogP contribution is -2.54. The maximum absolute atomic E-state index is 13.6. The highest BCUT2D eigenvalue weighted by Crippen LogP contribution is 2.51. The molecule has 1 heterocycles. The first-order valence-electron chi connectivity index (χ1n) is 13.9. The lowest BCUT2D eigenvalue weighted by atomic mass is 9.87. The molecule has 3 amide bonds. The molecule has 0 radical (unpaired) electrons. The van der Waals surface area contributed by atoms with Gasteiger partial charge in [0.15, 0.2) is 0 Å². The average molecular weight is 619 g/mol. The van der Waals surface area contributed by atoms with Crippen molar-refractivity contribution >= 4 is 11.9 Å². The minimum atomic E-state index is -6.01. The monoisotopic (exact) mass is 618 g/mol. The van der Waals surface area contributed by atoms with Gasteiger partial charge in [-0.1, -0.05) is 38.8 Å². The number of aliphatic hydroxyl groups is 1. The normalized spacial score (nSPS) is 17.8. The topological polar surface area (TPSA) is 88.1 Å². The summed E-state index contributed by atoms with van der Waals surface area (Å²) in [6.45, 7) is 4.94. The van der Waals surface area contributed by atoms with E-state index in [-0.39, 0.29) is 55.7 Å². The summed E-state index contributed by atoms with van der Waals surface area (Å²) >= 11 is 0. The number of carbonyl (C=O) groups is 2. The smallest absolute Gasteiger partial charge is 0.430 e. The van der Waals surface area contributed by atoms with E-state index in [0.29, 0.717) is 30.7 Å². The molecule has 13 heteroatoms. The molecule has 7 nitrogen and oxygen atoms in total. The zero-order valence-electron chi connectivity index (χ0n) is 24.4. The molecule has 0 saturated carbocycles. The molecule has 1 aliphatic heterocycles. The van der Waals surface area contributed by atoms with Crippen LogP contribution < -0.4 is 14.8 Å². The molecule has 0 spiro atoms. The molecule has 2 aromatic rings. The molecular formula is C30H36F6N2O5. The number of halogens is 6. The molecule has 1 unspecified atom stereocenters. The second kappa shape index (κ2) is 13.0. The number of nitrogens with one attached hydrogen (secondary N) is 1. The number of methoxy groups -OCH3 is 1. The van der Waals surface area contributed by atoms with Crippen molar-refractivity contribution in [2.75, 3.05) is 20.3 Å². The van der Waals surface area contributed by atoms with E-state index in [1.54, 1.807) is 45.0 Å². The second-order valence-electron chi connectivity index (χ2n) is 10.8. The minimum Gasteiger partial charge on any atom is -0.497 e. The molecular weight excluding hydrogens is 582 g/mol. The Bertz CT molecular complexity index is 1250. The molecule has 1 saturated heterocycles. The highest BCUT2D eigenvalue weighted by Gasteiger charge is 2.71. The Morgan fingerprint density at radius 1 is 0.930 bits per heavy atom. The van der Waals surface area contributed by atoms with Gasteiger partial charge in [0.1, 0.15) is 17.0 Å². The molecule has 1 atom stereocenters. The number of urea groups is 1. The van der Waals surface area contributed by atoms with E-state index in [1.807, 2.05) is 0 Å². The van der Waals surface area contributed by atoms with Gasteiger partial charge in [0.25, 0.3) is 11.5 Å². The highest BCUT2D eigenvalue weighted by molar-refractivity contribution is 6.06. The third kappa shape index (κ3) is 7.02. The zero-order chi connectivity index (χ0) is 32.2. The molecule has 238 valence electrons. The Labute approximate surface area is 246 Å². The van der Waals surface area contributed by atoms with E-state index in [2.05, 4.69) is 5.32 Å². The molecule has 1 fully saturated rings. The lowest BCUT2D eigenvalue weighted by Gasteiger charge is -2.33. The van der Waals surface area contributed by atoms with Gasteiger partial charge in [-0.3, -0.25) is 9.69 Å². The van der Waals surface area contributed by atoms with Crippen molar-refractivity contribution < 1.29 is 50.5 Å². The van der Waals surface area contributed by atoms with Crippen LogP contribution in [0, 0.1) is 0 Å². The summed E-state index contributed by atoms with van der Waals surface area (Å²) in [6, 6.07) is 7.88. The standard InChI is InChI=1S/C30H36F6N2O5/c1-5-8-20-16-22(28(41,29(31,32)33)30(34,35)36)17-21(9-6-2)24(20)43-15-7-14-38-25(39)27(3,37-26(38)40)18-19-10-12-23(42-4)13-11-19/h10-13,16-17,41H,5-9,14-15,18H2,1-4H3,(H,37,40). The number of benzene rings is 2. The van der Waals surface area contributed by atoms with E-state index in [9.17, 15) is 41.0 Å². The minimum absolute atomic E-state index is 0.0188. The van der Waals surface area contributed by atoms with Gasteiger partial charge in [-0.15, -0.1) is 0 Å². The molecule has 0 bridgehead atoms. The van der Waals surface area contributed by atoms with Gasteiger partial charge in [0, 0.05) is 18.5 Å². The highest BCUT2D eigenvalue weighted by atomic mass is 19.4. The number of aryl methyl sites for hydroxylation is 2. The number of carbonyl (C=O) groups excluding carboxylic acids is 2. The first kappa shape index (κ1) is 34.0. The van der Waals surface area contributed by atoms with Crippen LogP contribution >= 0.6 is 0 Å². The van der Waals surface area contributed by atoms with Gasteiger partial charge in [-0.2, -0.15) is 26.3 Å². The molecule has 1 aliphatic rings. The molecule has 2 N–H and O–H groups in total. The van der Waals surface area contributed by atoms with Crippen LogP contribution in [-0.4, -0.2) is 60.1 Å². The Balaban J connectivity index is 1.78. The van der Waals surface area contributed by atoms with E-state index < -0.39 is 41.0 Å². The van der Waals surface area contributed by atoms with Crippen molar-refractivity contribution in [3.8, 4) is 11.5 Å². The quantitative estimate of drug-likeness (QED) is 0.158. The Morgan fingerprint density at radius 3 is 1.93 bits per heavy atom. The van der Waals surface area contributed by atoms with Gasteiger partial charge in [-0.25, -0.2) is 4.79 Å². The van der Waals surface area contributed by atoms with E-state index in [4.69, 9.17) is 9.47 Å². The summed E-state index contributed by atoms with van der Waals surface area (Å²) < 4.78 is 92.7. The fraction of sp³-hybridized carbons (Fsp3) is 0.533. The van der Waals surface area contributed by atoms with Crippen LogP contribution in [0.15, 0.2) is 36.4 Å². The van der Waals surface area contributed by atoms with Gasteiger partial charge < -0.3 is 19.9 Å². The maximum Gasteiger partial charge on any atom is 0.430 e. The van der Waals surface area contributed by atoms with Gasteiger partial charge in [0.05, 0.1) is 13.7 Å². The summed E-state index contributed by atoms with van der Waals surface area (Å²) in [5.41, 5.74) is -6.55. The molecule has 3 rings (SSSR count). The summed E-state index contributed by atoms with van der Waals surface area (Å²) in [4.78, 5) is 26.9. The molecule has 2 aromatic carbocycles. The van der Waals surface area contributed by atoms with Crippen LogP contribution in [0.25, 0.3) is 0 Å². The third-order valence-electron chi connectivity index (χ3n) is 7.35. The number of imide groups is 1. The van der Waals surface area contributed by atoms with Crippen molar-refractivity contribution in [2.45, 2.75) is 82.8 Å². The molecule has 0 aromatic heterocycles. The van der Waals surface area contributed by atoms with Gasteiger partial charge in [0.2, 0.25) is 0 Å². The van der Waals surface area contributed by atoms with Crippen LogP contribution in [0.4, 0.5) is 31.1 Å². The van der Waals surface area contributed by atoms with Crippen molar-refractivity contribution in [2.24, 2.45) is 0 Å². The first-order valence-corrected chi connectivity index (χ1v) is 13.9. The molecule has 0 aliphatic carbocycles. The van der Waals surface area contributed by atoms with Crippen molar-refractivity contribution in [3.63, 3.8) is 0 Å². The number of hydrogen-bond acceptors (Lipinski definition) is 5. The van der Waals surface area contributed by atoms with Crippen LogP contribution in [-0.2, 0) is 29.7 Å². The van der Waals surface area contributed by atoms with Crippen LogP contribution in [0.5, 0.6) is 11.5 Å². The van der Waals surface area contributed by atoms with E-state index in [0.717, 1.165) is 10.5 Å². The van der Waals surface area contributed by atoms with Crippen LogP contribution in [0.1, 0.15) is 62.3 Å². The number of amides is 3. The lowest BCUT2D eigenvalue weighted by molar-refractivity contribution is -0.376. The summed E-state index contributed by atoms with van der Waals surface area (Å²) in [5.74, 6) is 0.350. The summed E-state index contributed by atoms with van der Waals surface area (Å²) in [6.07, 6.45) is -10.6.